The minimum absolute atomic E-state index is 0.0556. The number of hydrogen-bond donors (Lipinski definition) is 2. The Morgan fingerprint density at radius 3 is 1.36 bits per heavy atom. The molecular formula is C19H18O9-4. The number of carboxylic acid groups (broad SMARTS) is 4. The highest BCUT2D eigenvalue weighted by Crippen LogP contribution is 2.32. The number of rotatable bonds is 2. The van der Waals surface area contributed by atoms with E-state index in [4.69, 9.17) is 15.0 Å². The summed E-state index contributed by atoms with van der Waals surface area (Å²) in [5, 5.41) is 55.7. The largest absolute Gasteiger partial charge is 0.652 e. The molecule has 2 aromatic rings. The van der Waals surface area contributed by atoms with E-state index in [1.54, 1.807) is 6.07 Å². The Balaban J connectivity index is 0.000000439. The van der Waals surface area contributed by atoms with Crippen molar-refractivity contribution in [3.63, 3.8) is 0 Å². The van der Waals surface area contributed by atoms with Gasteiger partial charge in [0.25, 0.3) is 0 Å². The van der Waals surface area contributed by atoms with Gasteiger partial charge in [-0.25, -0.2) is 0 Å². The highest BCUT2D eigenvalue weighted by molar-refractivity contribution is 5.89. The lowest BCUT2D eigenvalue weighted by molar-refractivity contribution is -0.415. The lowest BCUT2D eigenvalue weighted by Crippen LogP contribution is -2.37. The summed E-state index contributed by atoms with van der Waals surface area (Å²) in [5.41, 5.74) is 0.519. The van der Waals surface area contributed by atoms with E-state index in [0.717, 1.165) is 29.8 Å². The van der Waals surface area contributed by atoms with E-state index in [1.165, 1.54) is 12.1 Å². The molecule has 0 unspecified atom stereocenters. The SMILES string of the molecule is CC(C)(C)c1cc(O)ccc1O.O=C([O-])[O-].O=C([O-])c1ccc(C(=O)[O-])cc1. The van der Waals surface area contributed by atoms with Crippen molar-refractivity contribution < 1.29 is 45.0 Å². The number of carbonyl (C=O) groups is 3. The molecule has 2 N–H and O–H groups in total. The summed E-state index contributed by atoms with van der Waals surface area (Å²) >= 11 is 0. The smallest absolute Gasteiger partial charge is 0.119 e. The van der Waals surface area contributed by atoms with E-state index in [2.05, 4.69) is 0 Å². The minimum atomic E-state index is -2.33. The second-order valence-electron chi connectivity index (χ2n) is 6.35. The molecule has 0 fully saturated rings. The van der Waals surface area contributed by atoms with Gasteiger partial charge in [0.15, 0.2) is 0 Å². The molecule has 152 valence electrons. The summed E-state index contributed by atoms with van der Waals surface area (Å²) in [5.74, 6) is -2.24. The van der Waals surface area contributed by atoms with E-state index in [1.807, 2.05) is 20.8 Å². The maximum Gasteiger partial charge on any atom is 0.119 e. The van der Waals surface area contributed by atoms with Gasteiger partial charge in [-0.05, 0) is 40.9 Å². The molecule has 0 atom stereocenters. The predicted octanol–water partition coefficient (Wildman–Crippen LogP) is -1.64. The summed E-state index contributed by atoms with van der Waals surface area (Å²) in [7, 11) is 0. The Morgan fingerprint density at radius 1 is 0.750 bits per heavy atom. The maximum atomic E-state index is 10.2. The van der Waals surface area contributed by atoms with Gasteiger partial charge in [0, 0.05) is 5.56 Å². The van der Waals surface area contributed by atoms with Crippen molar-refractivity contribution in [2.24, 2.45) is 0 Å². The number of phenols is 2. The van der Waals surface area contributed by atoms with Crippen LogP contribution in [0.5, 0.6) is 11.5 Å². The first-order valence-electron chi connectivity index (χ1n) is 7.69. The van der Waals surface area contributed by atoms with Crippen LogP contribution in [0.1, 0.15) is 47.1 Å². The van der Waals surface area contributed by atoms with E-state index in [9.17, 15) is 30.0 Å². The van der Waals surface area contributed by atoms with Crippen LogP contribution in [0.15, 0.2) is 42.5 Å². The molecule has 0 aliphatic rings. The average molecular weight is 390 g/mol. The molecule has 9 nitrogen and oxygen atoms in total. The second-order valence-corrected chi connectivity index (χ2v) is 6.35. The predicted molar refractivity (Wildman–Crippen MR) is 89.0 cm³/mol. The number of aromatic carboxylic acids is 2. The van der Waals surface area contributed by atoms with Crippen LogP contribution in [-0.4, -0.2) is 28.3 Å². The van der Waals surface area contributed by atoms with Crippen molar-refractivity contribution in [2.75, 3.05) is 0 Å². The Kier molecular flexibility index (Phi) is 9.02. The first-order valence-corrected chi connectivity index (χ1v) is 7.69. The first-order chi connectivity index (χ1) is 12.8. The van der Waals surface area contributed by atoms with Crippen molar-refractivity contribution in [3.05, 3.63) is 59.2 Å². The molecule has 2 aromatic carbocycles. The Bertz CT molecular complexity index is 781. The van der Waals surface area contributed by atoms with Crippen molar-refractivity contribution in [2.45, 2.75) is 26.2 Å². The zero-order valence-electron chi connectivity index (χ0n) is 15.3. The van der Waals surface area contributed by atoms with E-state index >= 15 is 0 Å². The maximum absolute atomic E-state index is 10.2. The molecule has 0 amide bonds. The van der Waals surface area contributed by atoms with Crippen LogP contribution in [-0.2, 0) is 5.41 Å². The van der Waals surface area contributed by atoms with E-state index in [-0.39, 0.29) is 28.0 Å². The van der Waals surface area contributed by atoms with Gasteiger partial charge in [0.2, 0.25) is 0 Å². The van der Waals surface area contributed by atoms with Crippen LogP contribution >= 0.6 is 0 Å². The van der Waals surface area contributed by atoms with Gasteiger partial charge in [-0.2, -0.15) is 0 Å². The fourth-order valence-electron chi connectivity index (χ4n) is 1.87. The molecule has 28 heavy (non-hydrogen) atoms. The summed E-state index contributed by atoms with van der Waals surface area (Å²) in [6.07, 6.45) is -2.33. The zero-order valence-corrected chi connectivity index (χ0v) is 15.3. The third-order valence-electron chi connectivity index (χ3n) is 3.14. The van der Waals surface area contributed by atoms with Crippen LogP contribution < -0.4 is 20.4 Å². The van der Waals surface area contributed by atoms with Crippen molar-refractivity contribution in [3.8, 4) is 11.5 Å². The quantitative estimate of drug-likeness (QED) is 0.568. The summed E-state index contributed by atoms with van der Waals surface area (Å²) in [6, 6.07) is 9.19. The molecule has 0 aliphatic heterocycles. The van der Waals surface area contributed by atoms with Gasteiger partial charge in [-0.3, -0.25) is 0 Å². The van der Waals surface area contributed by atoms with Crippen molar-refractivity contribution in [1.82, 2.24) is 0 Å². The summed E-state index contributed by atoms with van der Waals surface area (Å²) in [6.45, 7) is 5.96. The van der Waals surface area contributed by atoms with Gasteiger partial charge in [-0.15, -0.1) is 0 Å². The third-order valence-corrected chi connectivity index (χ3v) is 3.14. The number of carboxylic acids is 2. The van der Waals surface area contributed by atoms with Crippen molar-refractivity contribution >= 4 is 18.1 Å². The van der Waals surface area contributed by atoms with Crippen LogP contribution in [0.3, 0.4) is 0 Å². The molecule has 0 bridgehead atoms. The molecule has 0 spiro atoms. The topological polar surface area (TPSA) is 184 Å². The van der Waals surface area contributed by atoms with Crippen LogP contribution in [0, 0.1) is 0 Å². The third kappa shape index (κ3) is 9.09. The monoisotopic (exact) mass is 390 g/mol. The Labute approximate surface area is 160 Å². The molecule has 0 saturated heterocycles. The number of carbonyl (C=O) groups excluding carboxylic acids is 3. The molecule has 2 rings (SSSR count). The minimum Gasteiger partial charge on any atom is -0.652 e. The van der Waals surface area contributed by atoms with Gasteiger partial charge in [0.05, 0.1) is 11.9 Å². The molecule has 9 heteroatoms. The second kappa shape index (κ2) is 10.4. The fourth-order valence-corrected chi connectivity index (χ4v) is 1.87. The number of phenolic OH excluding ortho intramolecular Hbond substituents is 2. The molecule has 0 radical (unpaired) electrons. The highest BCUT2D eigenvalue weighted by atomic mass is 16.6. The van der Waals surface area contributed by atoms with E-state index < -0.39 is 18.1 Å². The van der Waals surface area contributed by atoms with Crippen LogP contribution in [0.4, 0.5) is 4.79 Å². The number of benzene rings is 2. The summed E-state index contributed by atoms with van der Waals surface area (Å²) in [4.78, 5) is 28.7. The molecular weight excluding hydrogens is 372 g/mol. The van der Waals surface area contributed by atoms with Crippen LogP contribution in [0.2, 0.25) is 0 Å². The Hall–Kier alpha value is -3.75. The first kappa shape index (κ1) is 24.2. The molecule has 0 aliphatic carbocycles. The van der Waals surface area contributed by atoms with Gasteiger partial charge in [0.1, 0.15) is 11.5 Å². The normalized spacial score (nSPS) is 9.82. The molecule has 0 aromatic heterocycles. The standard InChI is InChI=1S/C10H14O2.C8H6O4.CH2O3/c1-10(2,3)8-6-7(11)4-5-9(8)12;9-7(10)5-1-2-6(4-3-5)8(11)12;2-1(3)4/h4-6,11-12H,1-3H3;1-4H,(H,9,10)(H,11,12);(H2,2,3,4)/p-4. The van der Waals surface area contributed by atoms with Crippen molar-refractivity contribution in [1.29, 1.82) is 0 Å². The average Bonchev–Trinajstić information content (AvgIpc) is 2.56. The van der Waals surface area contributed by atoms with Gasteiger partial charge < -0.3 is 45.0 Å². The molecule has 0 heterocycles. The highest BCUT2D eigenvalue weighted by Gasteiger charge is 2.17. The number of hydrogen-bond acceptors (Lipinski definition) is 9. The lowest BCUT2D eigenvalue weighted by Gasteiger charge is -2.20. The Morgan fingerprint density at radius 2 is 1.11 bits per heavy atom. The zero-order chi connectivity index (χ0) is 22.1. The van der Waals surface area contributed by atoms with Gasteiger partial charge in [-0.1, -0.05) is 45.0 Å². The number of aromatic hydroxyl groups is 2. The molecule has 0 saturated carbocycles. The van der Waals surface area contributed by atoms with E-state index in [0.29, 0.717) is 0 Å². The fraction of sp³-hybridized carbons (Fsp3) is 0.211. The van der Waals surface area contributed by atoms with Gasteiger partial charge >= 0.3 is 0 Å². The lowest BCUT2D eigenvalue weighted by atomic mass is 9.86. The summed E-state index contributed by atoms with van der Waals surface area (Å²) < 4.78 is 0. The van der Waals surface area contributed by atoms with Crippen LogP contribution in [0.25, 0.3) is 0 Å².